The van der Waals surface area contributed by atoms with Crippen LogP contribution >= 0.6 is 0 Å². The summed E-state index contributed by atoms with van der Waals surface area (Å²) in [5, 5.41) is 61.6. The van der Waals surface area contributed by atoms with E-state index in [1.165, 1.54) is 141 Å². The SMILES string of the molecule is CC(=O)[O-].CCCCCCCCCCCCCCCCC(O)(O)C[N+](C)(CCO)CC(O)(O)CCCCCCCCCCCCCCCC. The normalized spacial score (nSPS) is 12.3. The number of hydrogen-bond donors (Lipinski definition) is 5. The van der Waals surface area contributed by atoms with Gasteiger partial charge in [0.25, 0.3) is 0 Å². The molecule has 0 aromatic heterocycles. The molecule has 0 unspecified atom stereocenters. The standard InChI is InChI=1S/C39H82NO5.C2H4O2/c1-4-6-8-10-12-14-16-18-20-22-24-26-28-30-32-38(42,43)36-40(3,34-35-41)37-39(44,45)33-31-29-27-25-23-21-19-17-15-13-11-9-7-5-2;1-2(3)4/h41-45H,4-37H2,1-3H3;1H3,(H,3,4)/q+1;/p-1. The van der Waals surface area contributed by atoms with Crippen molar-refractivity contribution in [2.45, 2.75) is 225 Å². The molecule has 5 N–H and O–H groups in total. The second-order valence-electron chi connectivity index (χ2n) is 15.5. The van der Waals surface area contributed by atoms with Crippen LogP contribution in [0.15, 0.2) is 0 Å². The van der Waals surface area contributed by atoms with E-state index in [2.05, 4.69) is 13.8 Å². The molecule has 0 aromatic carbocycles. The molecule has 0 aliphatic rings. The summed E-state index contributed by atoms with van der Waals surface area (Å²) in [6.45, 7) is 5.57. The first-order valence-electron chi connectivity index (χ1n) is 20.8. The van der Waals surface area contributed by atoms with Gasteiger partial charge in [0, 0.05) is 18.8 Å². The Morgan fingerprint density at radius 1 is 0.490 bits per heavy atom. The van der Waals surface area contributed by atoms with Crippen LogP contribution in [0.1, 0.15) is 213 Å². The van der Waals surface area contributed by atoms with E-state index in [1.54, 1.807) is 7.05 Å². The van der Waals surface area contributed by atoms with Gasteiger partial charge in [-0.25, -0.2) is 0 Å². The van der Waals surface area contributed by atoms with Gasteiger partial charge >= 0.3 is 0 Å². The Morgan fingerprint density at radius 3 is 0.898 bits per heavy atom. The van der Waals surface area contributed by atoms with Crippen molar-refractivity contribution in [1.29, 1.82) is 0 Å². The zero-order valence-corrected chi connectivity index (χ0v) is 33.0. The molecule has 0 aliphatic carbocycles. The quantitative estimate of drug-likeness (QED) is 0.0251. The number of rotatable bonds is 36. The minimum absolute atomic E-state index is 0.0202. The lowest BCUT2D eigenvalue weighted by molar-refractivity contribution is -0.928. The van der Waals surface area contributed by atoms with Crippen LogP contribution in [-0.2, 0) is 4.79 Å². The molecule has 0 fully saturated rings. The summed E-state index contributed by atoms with van der Waals surface area (Å²) in [6.07, 6.45) is 35.6. The highest BCUT2D eigenvalue weighted by atomic mass is 16.5. The summed E-state index contributed by atoms with van der Waals surface area (Å²) in [5.74, 6) is -4.85. The molecule has 0 bridgehead atoms. The molecule has 8 nitrogen and oxygen atoms in total. The third-order valence-electron chi connectivity index (χ3n) is 9.77. The van der Waals surface area contributed by atoms with Gasteiger partial charge in [-0.1, -0.05) is 181 Å². The molecule has 0 spiro atoms. The van der Waals surface area contributed by atoms with Crippen LogP contribution in [0.2, 0.25) is 0 Å². The summed E-state index contributed by atoms with van der Waals surface area (Å²) in [4.78, 5) is 8.89. The topological polar surface area (TPSA) is 141 Å². The number of carboxylic acids is 1. The van der Waals surface area contributed by atoms with Crippen LogP contribution in [0.4, 0.5) is 0 Å². The number of carbonyl (C=O) groups excluding carboxylic acids is 1. The van der Waals surface area contributed by atoms with Gasteiger partial charge in [-0.3, -0.25) is 0 Å². The van der Waals surface area contributed by atoms with Gasteiger partial charge in [-0.05, 0) is 19.8 Å². The molecular weight excluding hydrogens is 618 g/mol. The van der Waals surface area contributed by atoms with Gasteiger partial charge < -0.3 is 39.9 Å². The zero-order chi connectivity index (χ0) is 37.1. The van der Waals surface area contributed by atoms with Crippen molar-refractivity contribution in [2.24, 2.45) is 0 Å². The smallest absolute Gasteiger partial charge is 0.213 e. The second-order valence-corrected chi connectivity index (χ2v) is 15.5. The number of nitrogens with zero attached hydrogens (tertiary/aromatic N) is 1. The summed E-state index contributed by atoms with van der Waals surface area (Å²) < 4.78 is 0.0215. The highest BCUT2D eigenvalue weighted by Crippen LogP contribution is 2.24. The van der Waals surface area contributed by atoms with Crippen molar-refractivity contribution in [3.63, 3.8) is 0 Å². The summed E-state index contributed by atoms with van der Waals surface area (Å²) >= 11 is 0. The molecule has 0 saturated heterocycles. The lowest BCUT2D eigenvalue weighted by Gasteiger charge is -2.41. The van der Waals surface area contributed by atoms with E-state index in [4.69, 9.17) is 9.90 Å². The van der Waals surface area contributed by atoms with Gasteiger partial charge in [0.05, 0.1) is 13.7 Å². The van der Waals surface area contributed by atoms with Crippen LogP contribution in [-0.4, -0.2) is 80.8 Å². The van der Waals surface area contributed by atoms with Crippen molar-refractivity contribution in [3.8, 4) is 0 Å². The highest BCUT2D eigenvalue weighted by Gasteiger charge is 2.40. The van der Waals surface area contributed by atoms with Gasteiger partial charge in [0.2, 0.25) is 11.6 Å². The molecule has 296 valence electrons. The monoisotopic (exact) mass is 704 g/mol. The Labute approximate surface area is 303 Å². The average molecular weight is 704 g/mol. The van der Waals surface area contributed by atoms with E-state index >= 15 is 0 Å². The zero-order valence-electron chi connectivity index (χ0n) is 33.0. The van der Waals surface area contributed by atoms with E-state index in [1.807, 2.05) is 0 Å². The molecule has 0 amide bonds. The number of aliphatic hydroxyl groups is 5. The van der Waals surface area contributed by atoms with E-state index in [-0.39, 0.29) is 43.6 Å². The number of aliphatic carboxylic acids is 1. The predicted octanol–water partition coefficient (Wildman–Crippen LogP) is 8.29. The Bertz CT molecular complexity index is 651. The molecular formula is C41H85NO7. The maximum absolute atomic E-state index is 10.8. The Kier molecular flexibility index (Phi) is 35.3. The van der Waals surface area contributed by atoms with E-state index in [0.717, 1.165) is 45.4 Å². The lowest BCUT2D eigenvalue weighted by Crippen LogP contribution is -2.61. The van der Waals surface area contributed by atoms with Gasteiger partial charge in [-0.15, -0.1) is 0 Å². The highest BCUT2D eigenvalue weighted by molar-refractivity contribution is 5.60. The number of unbranched alkanes of at least 4 members (excludes halogenated alkanes) is 26. The Morgan fingerprint density at radius 2 is 0.694 bits per heavy atom. The van der Waals surface area contributed by atoms with Crippen molar-refractivity contribution >= 4 is 5.97 Å². The van der Waals surface area contributed by atoms with Crippen LogP contribution in [0, 0.1) is 0 Å². The van der Waals surface area contributed by atoms with Crippen LogP contribution in [0.5, 0.6) is 0 Å². The molecule has 8 heteroatoms. The first-order chi connectivity index (χ1) is 23.3. The number of aliphatic hydroxyl groups excluding tert-OH is 1. The fraction of sp³-hybridized carbons (Fsp3) is 0.976. The number of hydrogen-bond acceptors (Lipinski definition) is 7. The number of carboxylic acid groups (broad SMARTS) is 1. The second kappa shape index (κ2) is 34.3. The van der Waals surface area contributed by atoms with Gasteiger partial charge in [0.15, 0.2) is 0 Å². The molecule has 0 heterocycles. The number of carbonyl (C=O) groups is 1. The predicted molar refractivity (Wildman–Crippen MR) is 203 cm³/mol. The average Bonchev–Trinajstić information content (AvgIpc) is 3.00. The van der Waals surface area contributed by atoms with Crippen molar-refractivity contribution in [2.75, 3.05) is 33.3 Å². The van der Waals surface area contributed by atoms with E-state index in [0.29, 0.717) is 0 Å². The molecule has 0 aromatic rings. The van der Waals surface area contributed by atoms with E-state index in [9.17, 15) is 25.5 Å². The van der Waals surface area contributed by atoms with Crippen molar-refractivity contribution in [3.05, 3.63) is 0 Å². The Hall–Kier alpha value is -0.770. The Balaban J connectivity index is 0. The first kappa shape index (κ1) is 50.3. The summed E-state index contributed by atoms with van der Waals surface area (Å²) in [6, 6.07) is 0. The maximum atomic E-state index is 10.8. The number of likely N-dealkylation sites (N-methyl/N-ethyl adjacent to an activating group) is 1. The fourth-order valence-electron chi connectivity index (χ4n) is 7.04. The minimum atomic E-state index is -1.88. The lowest BCUT2D eigenvalue weighted by atomic mass is 10.0. The van der Waals surface area contributed by atoms with Crippen LogP contribution < -0.4 is 5.11 Å². The summed E-state index contributed by atoms with van der Waals surface area (Å²) in [5.41, 5.74) is 0. The molecule has 0 rings (SSSR count). The molecule has 49 heavy (non-hydrogen) atoms. The molecule has 0 aliphatic heterocycles. The van der Waals surface area contributed by atoms with Crippen molar-refractivity contribution < 1.29 is 39.9 Å². The molecule has 0 atom stereocenters. The fourth-order valence-corrected chi connectivity index (χ4v) is 7.04. The third kappa shape index (κ3) is 39.9. The maximum Gasteiger partial charge on any atom is 0.213 e. The summed E-state index contributed by atoms with van der Waals surface area (Å²) in [7, 11) is 1.79. The third-order valence-corrected chi connectivity index (χ3v) is 9.77. The molecule has 0 saturated carbocycles. The first-order valence-corrected chi connectivity index (χ1v) is 20.8. The van der Waals surface area contributed by atoms with Crippen LogP contribution in [0.3, 0.4) is 0 Å². The molecule has 0 radical (unpaired) electrons. The minimum Gasteiger partial charge on any atom is -0.550 e. The van der Waals surface area contributed by atoms with Gasteiger partial charge in [0.1, 0.15) is 19.6 Å². The number of quaternary nitrogens is 1. The van der Waals surface area contributed by atoms with E-state index < -0.39 is 17.5 Å². The largest absolute Gasteiger partial charge is 0.550 e. The van der Waals surface area contributed by atoms with Gasteiger partial charge in [-0.2, -0.15) is 0 Å². The van der Waals surface area contributed by atoms with Crippen LogP contribution in [0.25, 0.3) is 0 Å². The van der Waals surface area contributed by atoms with Crippen molar-refractivity contribution in [1.82, 2.24) is 0 Å².